The molecule has 2 N–H and O–H groups in total. The molecule has 0 aliphatic rings. The molecule has 0 aliphatic carbocycles. The van der Waals surface area contributed by atoms with Crippen LogP contribution in [-0.2, 0) is 4.79 Å². The molecule has 0 amide bonds. The van der Waals surface area contributed by atoms with E-state index in [1.165, 1.54) is 11.8 Å². The summed E-state index contributed by atoms with van der Waals surface area (Å²) >= 11 is 1.22. The molecule has 0 saturated heterocycles. The zero-order valence-electron chi connectivity index (χ0n) is 9.51. The maximum absolute atomic E-state index is 11.2. The Balaban J connectivity index is 2.55. The van der Waals surface area contributed by atoms with Gasteiger partial charge in [-0.1, -0.05) is 48.2 Å². The van der Waals surface area contributed by atoms with Gasteiger partial charge in [-0.15, -0.1) is 0 Å². The average molecular weight is 243 g/mol. The molecule has 2 aromatic carbocycles. The number of benzene rings is 2. The summed E-state index contributed by atoms with van der Waals surface area (Å²) in [5, 5.41) is 0.0628. The highest BCUT2D eigenvalue weighted by Gasteiger charge is 2.10. The third-order valence-corrected chi connectivity index (χ3v) is 3.22. The third-order valence-electron chi connectivity index (χ3n) is 2.37. The Morgan fingerprint density at radius 1 is 1.06 bits per heavy atom. The highest BCUT2D eigenvalue weighted by atomic mass is 32.2. The fourth-order valence-electron chi connectivity index (χ4n) is 1.70. The van der Waals surface area contributed by atoms with Crippen LogP contribution in [0.1, 0.15) is 6.92 Å². The summed E-state index contributed by atoms with van der Waals surface area (Å²) in [6, 6.07) is 15.5. The first-order chi connectivity index (χ1) is 8.18. The number of nitrogens with two attached hydrogens (primary N) is 1. The number of thioether (sulfide) groups is 1. The molecule has 3 heteroatoms. The van der Waals surface area contributed by atoms with Gasteiger partial charge < -0.3 is 5.73 Å². The molecule has 0 bridgehead atoms. The third kappa shape index (κ3) is 2.68. The fraction of sp³-hybridized carbons (Fsp3) is 0.0714. The van der Waals surface area contributed by atoms with E-state index in [0.717, 1.165) is 16.0 Å². The van der Waals surface area contributed by atoms with Crippen LogP contribution in [0.3, 0.4) is 0 Å². The lowest BCUT2D eigenvalue weighted by Gasteiger charge is -2.10. The van der Waals surface area contributed by atoms with Gasteiger partial charge >= 0.3 is 0 Å². The first-order valence-corrected chi connectivity index (χ1v) is 6.12. The predicted molar refractivity (Wildman–Crippen MR) is 72.8 cm³/mol. The average Bonchev–Trinajstić information content (AvgIpc) is 2.29. The maximum Gasteiger partial charge on any atom is 0.190 e. The van der Waals surface area contributed by atoms with Crippen LogP contribution in [0.5, 0.6) is 0 Å². The number of rotatable bonds is 2. The van der Waals surface area contributed by atoms with Gasteiger partial charge in [0.25, 0.3) is 0 Å². The lowest BCUT2D eigenvalue weighted by Crippen LogP contribution is -1.93. The van der Waals surface area contributed by atoms with Crippen molar-refractivity contribution in [3.8, 4) is 11.1 Å². The van der Waals surface area contributed by atoms with Crippen molar-refractivity contribution >= 4 is 22.6 Å². The van der Waals surface area contributed by atoms with Crippen molar-refractivity contribution in [3.05, 3.63) is 48.5 Å². The minimum Gasteiger partial charge on any atom is -0.398 e. The Bertz CT molecular complexity index is 537. The van der Waals surface area contributed by atoms with Crippen molar-refractivity contribution in [3.63, 3.8) is 0 Å². The van der Waals surface area contributed by atoms with Gasteiger partial charge in [0.2, 0.25) is 0 Å². The Hall–Kier alpha value is -1.74. The molecule has 86 valence electrons. The van der Waals surface area contributed by atoms with Gasteiger partial charge in [-0.2, -0.15) is 0 Å². The van der Waals surface area contributed by atoms with Crippen LogP contribution < -0.4 is 5.73 Å². The SMILES string of the molecule is CC(=O)Sc1cccc(N)c1-c1ccccc1. The van der Waals surface area contributed by atoms with Crippen molar-refractivity contribution in [2.75, 3.05) is 5.73 Å². The van der Waals surface area contributed by atoms with Crippen LogP contribution in [-0.4, -0.2) is 5.12 Å². The summed E-state index contributed by atoms with van der Waals surface area (Å²) < 4.78 is 0. The van der Waals surface area contributed by atoms with E-state index in [2.05, 4.69) is 0 Å². The van der Waals surface area contributed by atoms with Crippen LogP contribution in [0.15, 0.2) is 53.4 Å². The van der Waals surface area contributed by atoms with E-state index in [-0.39, 0.29) is 5.12 Å². The Kier molecular flexibility index (Phi) is 3.49. The van der Waals surface area contributed by atoms with Crippen molar-refractivity contribution < 1.29 is 4.79 Å². The van der Waals surface area contributed by atoms with Crippen LogP contribution in [0.25, 0.3) is 11.1 Å². The van der Waals surface area contributed by atoms with Crippen LogP contribution in [0.2, 0.25) is 0 Å². The number of nitrogen functional groups attached to an aromatic ring is 1. The normalized spacial score (nSPS) is 10.2. The Labute approximate surface area is 105 Å². The minimum absolute atomic E-state index is 0.0628. The van der Waals surface area contributed by atoms with Gasteiger partial charge in [-0.25, -0.2) is 0 Å². The highest BCUT2D eigenvalue weighted by Crippen LogP contribution is 2.35. The molecule has 0 atom stereocenters. The molecule has 0 unspecified atom stereocenters. The summed E-state index contributed by atoms with van der Waals surface area (Å²) in [4.78, 5) is 12.1. The van der Waals surface area contributed by atoms with Crippen molar-refractivity contribution in [2.24, 2.45) is 0 Å². The number of carbonyl (C=O) groups is 1. The topological polar surface area (TPSA) is 43.1 Å². The zero-order valence-corrected chi connectivity index (χ0v) is 10.3. The largest absolute Gasteiger partial charge is 0.398 e. The molecule has 17 heavy (non-hydrogen) atoms. The van der Waals surface area contributed by atoms with Gasteiger partial charge in [0, 0.05) is 23.1 Å². The lowest BCUT2D eigenvalue weighted by atomic mass is 10.0. The summed E-state index contributed by atoms with van der Waals surface area (Å²) in [6.07, 6.45) is 0. The summed E-state index contributed by atoms with van der Waals surface area (Å²) in [5.41, 5.74) is 8.68. The van der Waals surface area contributed by atoms with Crippen LogP contribution >= 0.6 is 11.8 Å². The second kappa shape index (κ2) is 5.06. The van der Waals surface area contributed by atoms with Crippen LogP contribution in [0, 0.1) is 0 Å². The number of hydrogen-bond donors (Lipinski definition) is 1. The predicted octanol–water partition coefficient (Wildman–Crippen LogP) is 3.57. The molecule has 2 nitrogen and oxygen atoms in total. The number of hydrogen-bond acceptors (Lipinski definition) is 3. The lowest BCUT2D eigenvalue weighted by molar-refractivity contribution is -0.109. The number of carbonyl (C=O) groups excluding carboxylic acids is 1. The van der Waals surface area contributed by atoms with E-state index in [1.54, 1.807) is 6.92 Å². The Morgan fingerprint density at radius 3 is 2.41 bits per heavy atom. The first kappa shape index (κ1) is 11.7. The second-order valence-electron chi connectivity index (χ2n) is 3.68. The van der Waals surface area contributed by atoms with E-state index in [9.17, 15) is 4.79 Å². The van der Waals surface area contributed by atoms with Gasteiger partial charge in [0.15, 0.2) is 5.12 Å². The van der Waals surface area contributed by atoms with E-state index in [4.69, 9.17) is 5.73 Å². The molecular weight excluding hydrogens is 230 g/mol. The molecule has 0 saturated carbocycles. The summed E-state index contributed by atoms with van der Waals surface area (Å²) in [6.45, 7) is 1.56. The quantitative estimate of drug-likeness (QED) is 0.647. The van der Waals surface area contributed by atoms with E-state index in [0.29, 0.717) is 5.69 Å². The molecule has 2 aromatic rings. The first-order valence-electron chi connectivity index (χ1n) is 5.31. The second-order valence-corrected chi connectivity index (χ2v) is 4.90. The minimum atomic E-state index is 0.0628. The highest BCUT2D eigenvalue weighted by molar-refractivity contribution is 8.13. The summed E-state index contributed by atoms with van der Waals surface area (Å²) in [5.74, 6) is 0. The summed E-state index contributed by atoms with van der Waals surface area (Å²) in [7, 11) is 0. The zero-order chi connectivity index (χ0) is 12.3. The number of anilines is 1. The van der Waals surface area contributed by atoms with E-state index < -0.39 is 0 Å². The Morgan fingerprint density at radius 2 is 1.76 bits per heavy atom. The fourth-order valence-corrected chi connectivity index (χ4v) is 2.50. The van der Waals surface area contributed by atoms with Crippen molar-refractivity contribution in [2.45, 2.75) is 11.8 Å². The molecule has 0 aromatic heterocycles. The molecule has 0 spiro atoms. The van der Waals surface area contributed by atoms with E-state index >= 15 is 0 Å². The smallest absolute Gasteiger partial charge is 0.190 e. The van der Waals surface area contributed by atoms with Gasteiger partial charge in [-0.05, 0) is 17.7 Å². The maximum atomic E-state index is 11.2. The molecule has 0 heterocycles. The standard InChI is InChI=1S/C14H13NOS/c1-10(16)17-13-9-5-8-12(15)14(13)11-6-3-2-4-7-11/h2-9H,15H2,1H3. The van der Waals surface area contributed by atoms with Gasteiger partial charge in [-0.3, -0.25) is 4.79 Å². The molecule has 0 fully saturated rings. The van der Waals surface area contributed by atoms with Crippen LogP contribution in [0.4, 0.5) is 5.69 Å². The van der Waals surface area contributed by atoms with Crippen molar-refractivity contribution in [1.29, 1.82) is 0 Å². The molecule has 0 radical (unpaired) electrons. The monoisotopic (exact) mass is 243 g/mol. The molecule has 2 rings (SSSR count). The van der Waals surface area contributed by atoms with E-state index in [1.807, 2.05) is 48.5 Å². The van der Waals surface area contributed by atoms with Gasteiger partial charge in [0.1, 0.15) is 0 Å². The molecule has 0 aliphatic heterocycles. The molecular formula is C14H13NOS. The van der Waals surface area contributed by atoms with Gasteiger partial charge in [0.05, 0.1) is 0 Å². The van der Waals surface area contributed by atoms with Crippen molar-refractivity contribution in [1.82, 2.24) is 0 Å².